The molecule has 3 heterocycles. The van der Waals surface area contributed by atoms with Crippen LogP contribution < -0.4 is 14.9 Å². The maximum absolute atomic E-state index is 14.0. The van der Waals surface area contributed by atoms with Crippen molar-refractivity contribution in [2.45, 2.75) is 89.1 Å². The summed E-state index contributed by atoms with van der Waals surface area (Å²) in [6, 6.07) is 10.6. The summed E-state index contributed by atoms with van der Waals surface area (Å²) in [5, 5.41) is 52.1. The summed E-state index contributed by atoms with van der Waals surface area (Å²) in [5.41, 5.74) is -0.695. The minimum Gasteiger partial charge on any atom is -0.507 e. The molecule has 0 amide bonds. The third kappa shape index (κ3) is 6.51. The van der Waals surface area contributed by atoms with E-state index in [1.807, 2.05) is 0 Å². The van der Waals surface area contributed by atoms with Gasteiger partial charge in [0.05, 0.1) is 12.2 Å². The zero-order valence-corrected chi connectivity index (χ0v) is 25.1. The van der Waals surface area contributed by atoms with E-state index in [4.69, 9.17) is 32.8 Å². The number of rotatable bonds is 7. The van der Waals surface area contributed by atoms with Gasteiger partial charge in [-0.15, -0.1) is 0 Å². The van der Waals surface area contributed by atoms with Crippen LogP contribution in [0.2, 0.25) is 0 Å². The fraction of sp³-hybridized carbons (Fsp3) is 0.452. The van der Waals surface area contributed by atoms with E-state index in [2.05, 4.69) is 0 Å². The maximum atomic E-state index is 14.0. The van der Waals surface area contributed by atoms with Crippen molar-refractivity contribution < 1.29 is 68.0 Å². The lowest BCUT2D eigenvalue weighted by Gasteiger charge is -2.41. The number of hydrogen-bond acceptors (Lipinski definition) is 15. The molecule has 46 heavy (non-hydrogen) atoms. The highest BCUT2D eigenvalue weighted by Gasteiger charge is 2.49. The van der Waals surface area contributed by atoms with Crippen molar-refractivity contribution >= 4 is 22.9 Å². The Morgan fingerprint density at radius 3 is 2.04 bits per heavy atom. The number of fused-ring (bicyclic) bond motifs is 1. The predicted molar refractivity (Wildman–Crippen MR) is 155 cm³/mol. The number of aromatic hydroxyl groups is 1. The average Bonchev–Trinajstić information content (AvgIpc) is 3.00. The molecule has 248 valence electrons. The number of carbonyl (C=O) groups is 2. The largest absolute Gasteiger partial charge is 0.507 e. The quantitative estimate of drug-likeness (QED) is 0.223. The zero-order chi connectivity index (χ0) is 33.4. The van der Waals surface area contributed by atoms with E-state index in [-0.39, 0.29) is 22.5 Å². The summed E-state index contributed by atoms with van der Waals surface area (Å²) in [4.78, 5) is 37.6. The van der Waals surface area contributed by atoms with Gasteiger partial charge in [0.25, 0.3) is 0 Å². The fourth-order valence-electron chi connectivity index (χ4n) is 5.33. The topological polar surface area (TPSA) is 221 Å². The summed E-state index contributed by atoms with van der Waals surface area (Å²) in [5.74, 6) is -2.86. The van der Waals surface area contributed by atoms with Crippen LogP contribution in [0.4, 0.5) is 0 Å². The molecule has 0 spiro atoms. The van der Waals surface area contributed by atoms with E-state index >= 15 is 0 Å². The molecule has 2 saturated heterocycles. The first-order chi connectivity index (χ1) is 21.8. The molecule has 0 radical (unpaired) electrons. The Bertz CT molecular complexity index is 1640. The Kier molecular flexibility index (Phi) is 9.53. The number of aliphatic hydroxyl groups excluding tert-OH is 4. The highest BCUT2D eigenvalue weighted by Crippen LogP contribution is 2.38. The van der Waals surface area contributed by atoms with Crippen LogP contribution in [-0.2, 0) is 28.5 Å². The molecule has 0 bridgehead atoms. The van der Waals surface area contributed by atoms with Crippen LogP contribution in [0, 0.1) is 0 Å². The lowest BCUT2D eigenvalue weighted by atomic mass is 9.99. The van der Waals surface area contributed by atoms with Gasteiger partial charge in [-0.25, -0.2) is 0 Å². The third-order valence-corrected chi connectivity index (χ3v) is 7.59. The Morgan fingerprint density at radius 1 is 0.761 bits per heavy atom. The summed E-state index contributed by atoms with van der Waals surface area (Å²) in [7, 11) is 0. The SMILES string of the molecule is CC(=O)O[C@@H]1[C@@H](O)[C@@H](OC(C)=O)[C@H](Oc2c(-c3ccccc3)oc3cc(O[C@@H]4O[C@@H](C)[C@H](O)[C@@H](O)[C@H]4O)cc(O)c3c2=O)O[C@H]1C. The molecule has 3 aromatic rings. The molecule has 10 atom stereocenters. The lowest BCUT2D eigenvalue weighted by molar-refractivity contribution is -0.277. The number of ether oxygens (including phenoxy) is 6. The van der Waals surface area contributed by atoms with E-state index < -0.39 is 90.3 Å². The monoisotopic (exact) mass is 646 g/mol. The molecule has 1 aromatic heterocycles. The second-order valence-corrected chi connectivity index (χ2v) is 11.0. The molecule has 0 saturated carbocycles. The number of phenols is 1. The van der Waals surface area contributed by atoms with Crippen molar-refractivity contribution in [2.75, 3.05) is 0 Å². The summed E-state index contributed by atoms with van der Waals surface area (Å²) >= 11 is 0. The standard InChI is InChI=1S/C31H34O15/c1-12-21(35)23(37)24(38)30(40-12)44-17-10-18(34)20-19(11-17)45-27(16-8-6-5-7-9-16)28(22(20)36)46-31-29(43-15(4)33)25(39)26(13(2)41-31)42-14(3)32/h5-13,21,23-26,29-31,34-35,37-39H,1-4H3/t12-,13-,21-,23+,24+,25+,26-,29+,30-,31-/m0/s1. The van der Waals surface area contributed by atoms with Crippen molar-refractivity contribution in [3.63, 3.8) is 0 Å². The highest BCUT2D eigenvalue weighted by atomic mass is 16.7. The molecule has 0 aliphatic carbocycles. The Labute approximate surface area is 261 Å². The van der Waals surface area contributed by atoms with Crippen LogP contribution in [0.5, 0.6) is 17.2 Å². The van der Waals surface area contributed by atoms with Crippen LogP contribution in [0.25, 0.3) is 22.3 Å². The second-order valence-electron chi connectivity index (χ2n) is 11.0. The van der Waals surface area contributed by atoms with Gasteiger partial charge >= 0.3 is 11.9 Å². The van der Waals surface area contributed by atoms with Gasteiger partial charge in [-0.1, -0.05) is 30.3 Å². The molecule has 15 nitrogen and oxygen atoms in total. The Hall–Kier alpha value is -4.25. The first-order valence-electron chi connectivity index (χ1n) is 14.4. The van der Waals surface area contributed by atoms with E-state index in [9.17, 15) is 39.9 Å². The normalized spacial score (nSPS) is 31.2. The number of aliphatic hydroxyl groups is 4. The Morgan fingerprint density at radius 2 is 1.39 bits per heavy atom. The molecule has 15 heteroatoms. The number of benzene rings is 2. The molecule has 2 aromatic carbocycles. The lowest BCUT2D eigenvalue weighted by Crippen LogP contribution is -2.60. The van der Waals surface area contributed by atoms with Crippen LogP contribution in [0.15, 0.2) is 51.7 Å². The van der Waals surface area contributed by atoms with E-state index in [1.54, 1.807) is 30.3 Å². The van der Waals surface area contributed by atoms with E-state index in [0.717, 1.165) is 19.9 Å². The first-order valence-corrected chi connectivity index (χ1v) is 14.4. The minimum absolute atomic E-state index is 0.111. The molecular weight excluding hydrogens is 612 g/mol. The smallest absolute Gasteiger partial charge is 0.303 e. The van der Waals surface area contributed by atoms with Gasteiger partial charge < -0.3 is 58.4 Å². The predicted octanol–water partition coefficient (Wildman–Crippen LogP) is 0.720. The van der Waals surface area contributed by atoms with Crippen molar-refractivity contribution in [3.8, 4) is 28.6 Å². The average molecular weight is 647 g/mol. The van der Waals surface area contributed by atoms with Crippen LogP contribution in [0.3, 0.4) is 0 Å². The third-order valence-electron chi connectivity index (χ3n) is 7.59. The van der Waals surface area contributed by atoms with E-state index in [1.165, 1.54) is 19.9 Å². The number of hydrogen-bond donors (Lipinski definition) is 5. The van der Waals surface area contributed by atoms with Crippen LogP contribution >= 0.6 is 0 Å². The summed E-state index contributed by atoms with van der Waals surface area (Å²) in [6.45, 7) is 5.18. The van der Waals surface area contributed by atoms with Gasteiger partial charge in [0, 0.05) is 31.5 Å². The van der Waals surface area contributed by atoms with Crippen LogP contribution in [0.1, 0.15) is 27.7 Å². The molecular formula is C31H34O15. The van der Waals surface area contributed by atoms with Crippen molar-refractivity contribution in [1.82, 2.24) is 0 Å². The molecule has 2 aliphatic heterocycles. The molecule has 2 fully saturated rings. The maximum Gasteiger partial charge on any atom is 0.303 e. The van der Waals surface area contributed by atoms with Gasteiger partial charge in [0.1, 0.15) is 46.9 Å². The molecule has 5 rings (SSSR count). The molecule has 5 N–H and O–H groups in total. The first kappa shape index (κ1) is 33.1. The van der Waals surface area contributed by atoms with Crippen molar-refractivity contribution in [2.24, 2.45) is 0 Å². The van der Waals surface area contributed by atoms with E-state index in [0.29, 0.717) is 5.56 Å². The zero-order valence-electron chi connectivity index (χ0n) is 25.1. The van der Waals surface area contributed by atoms with Crippen LogP contribution in [-0.4, -0.2) is 98.9 Å². The van der Waals surface area contributed by atoms with Gasteiger partial charge in [-0.3, -0.25) is 14.4 Å². The van der Waals surface area contributed by atoms with Gasteiger partial charge in [0.15, 0.2) is 18.0 Å². The summed E-state index contributed by atoms with van der Waals surface area (Å²) < 4.78 is 39.5. The minimum atomic E-state index is -1.65. The van der Waals surface area contributed by atoms with Gasteiger partial charge in [-0.2, -0.15) is 0 Å². The number of esters is 2. The molecule has 2 aliphatic rings. The number of phenolic OH excluding ortho intramolecular Hbond substituents is 1. The highest BCUT2D eigenvalue weighted by molar-refractivity contribution is 5.88. The van der Waals surface area contributed by atoms with Crippen molar-refractivity contribution in [1.29, 1.82) is 0 Å². The number of carbonyl (C=O) groups excluding carboxylic acids is 2. The Balaban J connectivity index is 1.57. The second kappa shape index (κ2) is 13.2. The van der Waals surface area contributed by atoms with Crippen molar-refractivity contribution in [3.05, 3.63) is 52.7 Å². The van der Waals surface area contributed by atoms with Gasteiger partial charge in [0.2, 0.25) is 23.8 Å². The summed E-state index contributed by atoms with van der Waals surface area (Å²) in [6.07, 6.45) is -13.9. The van der Waals surface area contributed by atoms with Gasteiger partial charge in [-0.05, 0) is 13.8 Å². The molecule has 0 unspecified atom stereocenters. The fourth-order valence-corrected chi connectivity index (χ4v) is 5.33.